The molecule has 0 bridgehead atoms. The molecule has 1 aromatic heterocycles. The van der Waals surface area contributed by atoms with Crippen molar-refractivity contribution in [1.82, 2.24) is 10.2 Å². The second kappa shape index (κ2) is 8.47. The van der Waals surface area contributed by atoms with Gasteiger partial charge >= 0.3 is 0 Å². The molecule has 0 saturated carbocycles. The van der Waals surface area contributed by atoms with Crippen LogP contribution in [0.25, 0.3) is 0 Å². The summed E-state index contributed by atoms with van der Waals surface area (Å²) in [6, 6.07) is 8.53. The number of likely N-dealkylation sites (N-methyl/N-ethyl adjacent to an activating group) is 1. The highest BCUT2D eigenvalue weighted by molar-refractivity contribution is 5.43. The van der Waals surface area contributed by atoms with Crippen LogP contribution in [0.1, 0.15) is 24.3 Å². The first-order valence-electron chi connectivity index (χ1n) is 7.83. The van der Waals surface area contributed by atoms with Crippen molar-refractivity contribution in [3.63, 3.8) is 0 Å². The number of hydrogen-bond acceptors (Lipinski definition) is 6. The van der Waals surface area contributed by atoms with Crippen LogP contribution in [-0.2, 0) is 6.54 Å². The van der Waals surface area contributed by atoms with Gasteiger partial charge in [0.1, 0.15) is 11.5 Å². The normalized spacial score (nSPS) is 12.3. The molecule has 1 atom stereocenters. The third-order valence-electron chi connectivity index (χ3n) is 3.70. The second-order valence-electron chi connectivity index (χ2n) is 5.61. The van der Waals surface area contributed by atoms with Crippen LogP contribution in [0.15, 0.2) is 41.0 Å². The Hall–Kier alpha value is -2.38. The molecule has 0 aliphatic carbocycles. The molecular formula is C17H23N3O4. The predicted molar refractivity (Wildman–Crippen MR) is 91.1 cm³/mol. The maximum Gasteiger partial charge on any atom is 0.270 e. The Kier molecular flexibility index (Phi) is 6.34. The molecule has 130 valence electrons. The summed E-state index contributed by atoms with van der Waals surface area (Å²) in [7, 11) is 3.96. The lowest BCUT2D eigenvalue weighted by atomic mass is 10.1. The number of furan rings is 1. The zero-order valence-corrected chi connectivity index (χ0v) is 14.2. The average Bonchev–Trinajstić information content (AvgIpc) is 3.06. The van der Waals surface area contributed by atoms with Gasteiger partial charge in [-0.05, 0) is 39.2 Å². The first-order chi connectivity index (χ1) is 11.5. The lowest BCUT2D eigenvalue weighted by Crippen LogP contribution is -2.30. The van der Waals surface area contributed by atoms with Crippen LogP contribution in [-0.4, -0.2) is 37.1 Å². The van der Waals surface area contributed by atoms with Crippen molar-refractivity contribution in [2.45, 2.75) is 19.5 Å². The van der Waals surface area contributed by atoms with Crippen LogP contribution in [0.5, 0.6) is 5.75 Å². The average molecular weight is 333 g/mol. The highest BCUT2D eigenvalue weighted by Gasteiger charge is 2.17. The number of nitro groups is 1. The second-order valence-corrected chi connectivity index (χ2v) is 5.61. The van der Waals surface area contributed by atoms with Crippen LogP contribution < -0.4 is 10.1 Å². The van der Waals surface area contributed by atoms with Gasteiger partial charge in [-0.3, -0.25) is 15.0 Å². The Morgan fingerprint density at radius 3 is 2.75 bits per heavy atom. The van der Waals surface area contributed by atoms with E-state index < -0.39 is 4.92 Å². The molecule has 2 aromatic rings. The lowest BCUT2D eigenvalue weighted by molar-refractivity contribution is -0.384. The standard InChI is InChI=1S/C17H23N3O4/c1-4-23-16-8-7-14(20(21)22)10-13(16)11-18-12-15(19(2)3)17-6-5-9-24-17/h5-10,15,18H,4,11-12H2,1-3H3. The van der Waals surface area contributed by atoms with Crippen molar-refractivity contribution in [1.29, 1.82) is 0 Å². The molecule has 0 amide bonds. The molecule has 0 aliphatic heterocycles. The molecule has 0 aliphatic rings. The van der Waals surface area contributed by atoms with E-state index in [0.29, 0.717) is 25.4 Å². The maximum absolute atomic E-state index is 11.0. The number of nitrogens with one attached hydrogen (secondary N) is 1. The van der Waals surface area contributed by atoms with Crippen LogP contribution in [0.3, 0.4) is 0 Å². The molecule has 1 heterocycles. The molecule has 0 spiro atoms. The van der Waals surface area contributed by atoms with Crippen molar-refractivity contribution >= 4 is 5.69 Å². The highest BCUT2D eigenvalue weighted by Crippen LogP contribution is 2.25. The van der Waals surface area contributed by atoms with E-state index in [-0.39, 0.29) is 11.7 Å². The van der Waals surface area contributed by atoms with Gasteiger partial charge in [-0.15, -0.1) is 0 Å². The Balaban J connectivity index is 2.06. The van der Waals surface area contributed by atoms with Crippen molar-refractivity contribution in [2.24, 2.45) is 0 Å². The molecule has 24 heavy (non-hydrogen) atoms. The topological polar surface area (TPSA) is 80.8 Å². The van der Waals surface area contributed by atoms with Crippen molar-refractivity contribution in [3.8, 4) is 5.75 Å². The molecule has 1 N–H and O–H groups in total. The molecule has 7 nitrogen and oxygen atoms in total. The maximum atomic E-state index is 11.0. The van der Waals surface area contributed by atoms with Gasteiger partial charge in [-0.2, -0.15) is 0 Å². The lowest BCUT2D eigenvalue weighted by Gasteiger charge is -2.23. The van der Waals surface area contributed by atoms with Crippen molar-refractivity contribution in [2.75, 3.05) is 27.2 Å². The number of benzene rings is 1. The number of rotatable bonds is 9. The van der Waals surface area contributed by atoms with Crippen LogP contribution in [0.2, 0.25) is 0 Å². The van der Waals surface area contributed by atoms with E-state index >= 15 is 0 Å². The Morgan fingerprint density at radius 2 is 2.17 bits per heavy atom. The highest BCUT2D eigenvalue weighted by atomic mass is 16.6. The van der Waals surface area contributed by atoms with Crippen molar-refractivity contribution in [3.05, 3.63) is 58.0 Å². The number of nitro benzene ring substituents is 1. The molecule has 0 radical (unpaired) electrons. The summed E-state index contributed by atoms with van der Waals surface area (Å²) in [6.45, 7) is 3.52. The van der Waals surface area contributed by atoms with Crippen LogP contribution in [0, 0.1) is 10.1 Å². The first-order valence-corrected chi connectivity index (χ1v) is 7.83. The fourth-order valence-corrected chi connectivity index (χ4v) is 2.48. The van der Waals surface area contributed by atoms with E-state index in [4.69, 9.17) is 9.15 Å². The Bertz CT molecular complexity index is 656. The van der Waals surface area contributed by atoms with Gasteiger partial charge in [0.2, 0.25) is 0 Å². The number of ether oxygens (including phenoxy) is 1. The van der Waals surface area contributed by atoms with Gasteiger partial charge in [-0.1, -0.05) is 0 Å². The largest absolute Gasteiger partial charge is 0.494 e. The summed E-state index contributed by atoms with van der Waals surface area (Å²) in [5.74, 6) is 1.53. The van der Waals surface area contributed by atoms with Gasteiger partial charge in [0.25, 0.3) is 5.69 Å². The minimum absolute atomic E-state index is 0.0606. The third-order valence-corrected chi connectivity index (χ3v) is 3.70. The van der Waals surface area contributed by atoms with E-state index in [9.17, 15) is 10.1 Å². The van der Waals surface area contributed by atoms with Gasteiger partial charge in [0, 0.05) is 30.8 Å². The molecular weight excluding hydrogens is 310 g/mol. The van der Waals surface area contributed by atoms with Gasteiger partial charge in [-0.25, -0.2) is 0 Å². The summed E-state index contributed by atoms with van der Waals surface area (Å²) in [5, 5.41) is 14.3. The van der Waals surface area contributed by atoms with Crippen LogP contribution >= 0.6 is 0 Å². The molecule has 0 fully saturated rings. The van der Waals surface area contributed by atoms with Gasteiger partial charge in [0.15, 0.2) is 0 Å². The summed E-state index contributed by atoms with van der Waals surface area (Å²) >= 11 is 0. The number of nitrogens with zero attached hydrogens (tertiary/aromatic N) is 2. The Morgan fingerprint density at radius 1 is 1.38 bits per heavy atom. The van der Waals surface area contributed by atoms with Crippen molar-refractivity contribution < 1.29 is 14.1 Å². The number of non-ortho nitro benzene ring substituents is 1. The quantitative estimate of drug-likeness (QED) is 0.561. The number of hydrogen-bond donors (Lipinski definition) is 1. The van der Waals surface area contributed by atoms with E-state index in [1.807, 2.05) is 33.2 Å². The summed E-state index contributed by atoms with van der Waals surface area (Å²) in [6.07, 6.45) is 1.65. The molecule has 1 unspecified atom stereocenters. The molecule has 1 aromatic carbocycles. The fourth-order valence-electron chi connectivity index (χ4n) is 2.48. The van der Waals surface area contributed by atoms with Crippen LogP contribution in [0.4, 0.5) is 5.69 Å². The third kappa shape index (κ3) is 4.56. The van der Waals surface area contributed by atoms with E-state index in [0.717, 1.165) is 11.3 Å². The summed E-state index contributed by atoms with van der Waals surface area (Å²) in [5.41, 5.74) is 0.827. The minimum atomic E-state index is -0.398. The smallest absolute Gasteiger partial charge is 0.270 e. The zero-order chi connectivity index (χ0) is 17.5. The predicted octanol–water partition coefficient (Wildman–Crippen LogP) is 2.98. The van der Waals surface area contributed by atoms with Gasteiger partial charge in [0.05, 0.1) is 23.8 Å². The molecule has 0 saturated heterocycles. The monoisotopic (exact) mass is 333 g/mol. The molecule has 7 heteroatoms. The SMILES string of the molecule is CCOc1ccc([N+](=O)[O-])cc1CNCC(c1ccco1)N(C)C. The molecule has 2 rings (SSSR count). The summed E-state index contributed by atoms with van der Waals surface area (Å²) in [4.78, 5) is 12.6. The van der Waals surface area contributed by atoms with E-state index in [2.05, 4.69) is 10.2 Å². The van der Waals surface area contributed by atoms with Gasteiger partial charge < -0.3 is 14.5 Å². The zero-order valence-electron chi connectivity index (χ0n) is 14.2. The minimum Gasteiger partial charge on any atom is -0.494 e. The first kappa shape index (κ1) is 18.0. The van der Waals surface area contributed by atoms with E-state index in [1.54, 1.807) is 18.4 Å². The summed E-state index contributed by atoms with van der Waals surface area (Å²) < 4.78 is 11.0. The van der Waals surface area contributed by atoms with E-state index in [1.165, 1.54) is 6.07 Å². The fraction of sp³-hybridized carbons (Fsp3) is 0.412. The Labute approximate surface area is 141 Å².